The first-order chi connectivity index (χ1) is 10.3. The second kappa shape index (κ2) is 8.70. The standard InChI is InChI=1S/C14H27N5O3/c1-11(16-13(21)22-14(2,3)4)8-15-9-12-10-19(18-17-12)6-5-7-20/h10-11,15,20H,5-9H2,1-4H3,(H,16,21). The van der Waals surface area contributed by atoms with E-state index in [1.807, 2.05) is 33.9 Å². The molecule has 3 N–H and O–H groups in total. The van der Waals surface area contributed by atoms with Gasteiger partial charge in [0.15, 0.2) is 0 Å². The number of aliphatic hydroxyl groups is 1. The zero-order valence-electron chi connectivity index (χ0n) is 13.8. The molecule has 0 fully saturated rings. The summed E-state index contributed by atoms with van der Waals surface area (Å²) < 4.78 is 6.89. The molecule has 0 bridgehead atoms. The summed E-state index contributed by atoms with van der Waals surface area (Å²) in [6.45, 7) is 9.35. The van der Waals surface area contributed by atoms with Gasteiger partial charge in [0.25, 0.3) is 0 Å². The Morgan fingerprint density at radius 2 is 2.23 bits per heavy atom. The number of hydrogen-bond acceptors (Lipinski definition) is 6. The second-order valence-corrected chi connectivity index (χ2v) is 6.23. The summed E-state index contributed by atoms with van der Waals surface area (Å²) >= 11 is 0. The summed E-state index contributed by atoms with van der Waals surface area (Å²) in [7, 11) is 0. The van der Waals surface area contributed by atoms with E-state index < -0.39 is 11.7 Å². The van der Waals surface area contributed by atoms with Crippen molar-refractivity contribution in [2.45, 2.75) is 58.8 Å². The monoisotopic (exact) mass is 313 g/mol. The van der Waals surface area contributed by atoms with Crippen LogP contribution in [0.3, 0.4) is 0 Å². The summed E-state index contributed by atoms with van der Waals surface area (Å²) in [5.41, 5.74) is 0.326. The van der Waals surface area contributed by atoms with Crippen molar-refractivity contribution in [1.82, 2.24) is 25.6 Å². The number of aliphatic hydroxyl groups excluding tert-OH is 1. The first-order valence-corrected chi connectivity index (χ1v) is 7.50. The van der Waals surface area contributed by atoms with Crippen LogP contribution in [0.25, 0.3) is 0 Å². The van der Waals surface area contributed by atoms with Crippen molar-refractivity contribution in [1.29, 1.82) is 0 Å². The van der Waals surface area contributed by atoms with Gasteiger partial charge >= 0.3 is 6.09 Å². The number of rotatable bonds is 8. The number of alkyl carbamates (subject to hydrolysis) is 1. The lowest BCUT2D eigenvalue weighted by atomic mass is 10.2. The smallest absolute Gasteiger partial charge is 0.407 e. The van der Waals surface area contributed by atoms with Crippen molar-refractivity contribution in [3.8, 4) is 0 Å². The maximum atomic E-state index is 11.6. The number of amides is 1. The zero-order chi connectivity index (χ0) is 16.6. The summed E-state index contributed by atoms with van der Waals surface area (Å²) in [5, 5.41) is 22.7. The molecule has 126 valence electrons. The molecule has 1 heterocycles. The van der Waals surface area contributed by atoms with E-state index >= 15 is 0 Å². The first-order valence-electron chi connectivity index (χ1n) is 7.50. The molecule has 0 saturated carbocycles. The largest absolute Gasteiger partial charge is 0.444 e. The van der Waals surface area contributed by atoms with Gasteiger partial charge < -0.3 is 20.5 Å². The lowest BCUT2D eigenvalue weighted by Gasteiger charge is -2.22. The molecular weight excluding hydrogens is 286 g/mol. The van der Waals surface area contributed by atoms with Crippen LogP contribution >= 0.6 is 0 Å². The molecule has 0 aliphatic heterocycles. The van der Waals surface area contributed by atoms with E-state index in [0.29, 0.717) is 26.1 Å². The van der Waals surface area contributed by atoms with Gasteiger partial charge in [-0.3, -0.25) is 4.68 Å². The number of hydrogen-bond donors (Lipinski definition) is 3. The van der Waals surface area contributed by atoms with E-state index in [1.54, 1.807) is 4.68 Å². The topological polar surface area (TPSA) is 101 Å². The average molecular weight is 313 g/mol. The van der Waals surface area contributed by atoms with Crippen LogP contribution in [0.1, 0.15) is 39.8 Å². The van der Waals surface area contributed by atoms with Crippen LogP contribution in [-0.4, -0.2) is 51.0 Å². The molecule has 0 spiro atoms. The van der Waals surface area contributed by atoms with Crippen LogP contribution in [0.15, 0.2) is 6.20 Å². The molecule has 0 aromatic carbocycles. The average Bonchev–Trinajstić information content (AvgIpc) is 2.81. The number of aromatic nitrogens is 3. The molecule has 1 atom stereocenters. The third-order valence-corrected chi connectivity index (χ3v) is 2.65. The fraction of sp³-hybridized carbons (Fsp3) is 0.786. The van der Waals surface area contributed by atoms with Crippen molar-refractivity contribution in [2.24, 2.45) is 0 Å². The van der Waals surface area contributed by atoms with Crippen molar-refractivity contribution < 1.29 is 14.6 Å². The van der Waals surface area contributed by atoms with Gasteiger partial charge in [-0.15, -0.1) is 5.10 Å². The van der Waals surface area contributed by atoms with E-state index in [-0.39, 0.29) is 12.6 Å². The van der Waals surface area contributed by atoms with Gasteiger partial charge in [0.1, 0.15) is 5.60 Å². The maximum absolute atomic E-state index is 11.6. The molecule has 8 nitrogen and oxygen atoms in total. The molecule has 0 saturated heterocycles. The van der Waals surface area contributed by atoms with Crippen LogP contribution < -0.4 is 10.6 Å². The van der Waals surface area contributed by atoms with Crippen molar-refractivity contribution in [3.05, 3.63) is 11.9 Å². The number of aryl methyl sites for hydroxylation is 1. The molecule has 1 rings (SSSR count). The van der Waals surface area contributed by atoms with Crippen molar-refractivity contribution in [2.75, 3.05) is 13.2 Å². The predicted molar refractivity (Wildman–Crippen MR) is 82.3 cm³/mol. The van der Waals surface area contributed by atoms with Gasteiger partial charge in [0.05, 0.1) is 5.69 Å². The lowest BCUT2D eigenvalue weighted by molar-refractivity contribution is 0.0508. The van der Waals surface area contributed by atoms with Crippen LogP contribution in [0, 0.1) is 0 Å². The van der Waals surface area contributed by atoms with Crippen LogP contribution in [0.4, 0.5) is 4.79 Å². The highest BCUT2D eigenvalue weighted by molar-refractivity contribution is 5.68. The molecule has 8 heteroatoms. The highest BCUT2D eigenvalue weighted by Gasteiger charge is 2.17. The van der Waals surface area contributed by atoms with Crippen molar-refractivity contribution in [3.63, 3.8) is 0 Å². The molecule has 1 amide bonds. The highest BCUT2D eigenvalue weighted by Crippen LogP contribution is 2.06. The predicted octanol–water partition coefficient (Wildman–Crippen LogP) is 0.663. The minimum atomic E-state index is -0.496. The molecule has 1 aromatic heterocycles. The first kappa shape index (κ1) is 18.4. The van der Waals surface area contributed by atoms with Crippen LogP contribution in [0.5, 0.6) is 0 Å². The number of ether oxygens (including phenoxy) is 1. The molecule has 1 aromatic rings. The van der Waals surface area contributed by atoms with Crippen LogP contribution in [-0.2, 0) is 17.8 Å². The maximum Gasteiger partial charge on any atom is 0.407 e. The minimum absolute atomic E-state index is 0.0562. The van der Waals surface area contributed by atoms with Crippen LogP contribution in [0.2, 0.25) is 0 Å². The second-order valence-electron chi connectivity index (χ2n) is 6.23. The molecule has 0 aliphatic carbocycles. The third-order valence-electron chi connectivity index (χ3n) is 2.65. The third kappa shape index (κ3) is 7.94. The van der Waals surface area contributed by atoms with Gasteiger partial charge in [0, 0.05) is 38.5 Å². The Labute approximate surface area is 131 Å². The van der Waals surface area contributed by atoms with E-state index in [4.69, 9.17) is 9.84 Å². The fourth-order valence-electron chi connectivity index (χ4n) is 1.74. The SMILES string of the molecule is CC(CNCc1cn(CCCO)nn1)NC(=O)OC(C)(C)C. The van der Waals surface area contributed by atoms with Crippen molar-refractivity contribution >= 4 is 6.09 Å². The molecule has 0 aliphatic rings. The van der Waals surface area contributed by atoms with Gasteiger partial charge in [-0.2, -0.15) is 0 Å². The zero-order valence-corrected chi connectivity index (χ0v) is 13.8. The van der Waals surface area contributed by atoms with E-state index in [9.17, 15) is 4.79 Å². The van der Waals surface area contributed by atoms with Gasteiger partial charge in [-0.05, 0) is 34.1 Å². The Hall–Kier alpha value is -1.67. The minimum Gasteiger partial charge on any atom is -0.444 e. The summed E-state index contributed by atoms with van der Waals surface area (Å²) in [6.07, 6.45) is 2.08. The van der Waals surface area contributed by atoms with E-state index in [2.05, 4.69) is 20.9 Å². The van der Waals surface area contributed by atoms with Gasteiger partial charge in [-0.1, -0.05) is 5.21 Å². The summed E-state index contributed by atoms with van der Waals surface area (Å²) in [5.74, 6) is 0. The van der Waals surface area contributed by atoms with Gasteiger partial charge in [0.2, 0.25) is 0 Å². The Morgan fingerprint density at radius 3 is 2.86 bits per heavy atom. The molecule has 22 heavy (non-hydrogen) atoms. The summed E-state index contributed by atoms with van der Waals surface area (Å²) in [4.78, 5) is 11.6. The summed E-state index contributed by atoms with van der Waals surface area (Å²) in [6, 6.07) is -0.0562. The van der Waals surface area contributed by atoms with E-state index in [1.165, 1.54) is 0 Å². The fourth-order valence-corrected chi connectivity index (χ4v) is 1.74. The number of nitrogens with one attached hydrogen (secondary N) is 2. The quantitative estimate of drug-likeness (QED) is 0.652. The Bertz CT molecular complexity index is 456. The van der Waals surface area contributed by atoms with Gasteiger partial charge in [-0.25, -0.2) is 4.79 Å². The molecule has 0 radical (unpaired) electrons. The Kier molecular flexibility index (Phi) is 7.26. The Morgan fingerprint density at radius 1 is 1.50 bits per heavy atom. The van der Waals surface area contributed by atoms with E-state index in [0.717, 1.165) is 5.69 Å². The molecule has 1 unspecified atom stereocenters. The normalized spacial score (nSPS) is 13.0. The Balaban J connectivity index is 2.23. The number of nitrogens with zero attached hydrogens (tertiary/aromatic N) is 3. The molecular formula is C14H27N5O3. The highest BCUT2D eigenvalue weighted by atomic mass is 16.6. The number of carbonyl (C=O) groups excluding carboxylic acids is 1. The number of carbonyl (C=O) groups is 1. The lowest BCUT2D eigenvalue weighted by Crippen LogP contribution is -2.42.